The van der Waals surface area contributed by atoms with Crippen LogP contribution in [0.25, 0.3) is 0 Å². The lowest BCUT2D eigenvalue weighted by Gasteiger charge is -2.13. The maximum absolute atomic E-state index is 12.5. The number of hydrogen-bond acceptors (Lipinski definition) is 4. The van der Waals surface area contributed by atoms with Gasteiger partial charge in [-0.15, -0.1) is 0 Å². The molecule has 0 aliphatic rings. The number of nitrogens with one attached hydrogen (secondary N) is 2. The third kappa shape index (κ3) is 6.03. The van der Waals surface area contributed by atoms with Crippen LogP contribution in [0.15, 0.2) is 46.9 Å². The van der Waals surface area contributed by atoms with Crippen molar-refractivity contribution in [3.05, 3.63) is 52.5 Å². The van der Waals surface area contributed by atoms with E-state index in [4.69, 9.17) is 17.0 Å². The highest BCUT2D eigenvalue weighted by Crippen LogP contribution is 2.23. The lowest BCUT2D eigenvalue weighted by molar-refractivity contribution is 0.0973. The number of phenolic OH excluding ortho intramolecular Hbond substituents is 1. The van der Waals surface area contributed by atoms with Crippen LogP contribution in [-0.2, 0) is 0 Å². The van der Waals surface area contributed by atoms with Crippen LogP contribution in [0.3, 0.4) is 0 Å². The number of halogens is 1. The fourth-order valence-electron chi connectivity index (χ4n) is 2.01. The minimum absolute atomic E-state index is 0.156. The van der Waals surface area contributed by atoms with Crippen LogP contribution < -0.4 is 15.4 Å². The summed E-state index contributed by atoms with van der Waals surface area (Å²) in [6, 6.07) is 11.6. The van der Waals surface area contributed by atoms with E-state index in [2.05, 4.69) is 33.5 Å². The van der Waals surface area contributed by atoms with E-state index in [0.29, 0.717) is 23.6 Å². The SMILES string of the molecule is CCCCOc1ccc(Br)cc1C(=O)NC(=S)Nc1ccc(O)cc1. The summed E-state index contributed by atoms with van der Waals surface area (Å²) in [7, 11) is 0. The molecule has 2 aromatic carbocycles. The zero-order valence-electron chi connectivity index (χ0n) is 13.7. The molecule has 0 aromatic heterocycles. The van der Waals surface area contributed by atoms with Gasteiger partial charge in [0.25, 0.3) is 5.91 Å². The fourth-order valence-corrected chi connectivity index (χ4v) is 2.58. The van der Waals surface area contributed by atoms with Crippen LogP contribution in [0.1, 0.15) is 30.1 Å². The number of unbranched alkanes of at least 4 members (excludes halogenated alkanes) is 1. The van der Waals surface area contributed by atoms with Crippen molar-refractivity contribution in [2.24, 2.45) is 0 Å². The second-order valence-corrected chi connectivity index (χ2v) is 6.62. The number of thiocarbonyl (C=S) groups is 1. The Morgan fingerprint density at radius 2 is 1.96 bits per heavy atom. The first-order valence-electron chi connectivity index (χ1n) is 7.83. The Hall–Kier alpha value is -2.12. The zero-order chi connectivity index (χ0) is 18.2. The molecule has 2 rings (SSSR count). The standard InChI is InChI=1S/C18H19BrN2O3S/c1-2-3-10-24-16-9-4-12(19)11-15(16)17(23)21-18(25)20-13-5-7-14(22)8-6-13/h4-9,11,22H,2-3,10H2,1H3,(H2,20,21,23,25). The van der Waals surface area contributed by atoms with Gasteiger partial charge in [0.1, 0.15) is 11.5 Å². The molecule has 0 bridgehead atoms. The average Bonchev–Trinajstić information content (AvgIpc) is 2.58. The highest BCUT2D eigenvalue weighted by atomic mass is 79.9. The van der Waals surface area contributed by atoms with Crippen molar-refractivity contribution in [1.29, 1.82) is 0 Å². The third-order valence-electron chi connectivity index (χ3n) is 3.29. The summed E-state index contributed by atoms with van der Waals surface area (Å²) in [6.07, 6.45) is 1.93. The fraction of sp³-hybridized carbons (Fsp3) is 0.222. The smallest absolute Gasteiger partial charge is 0.261 e. The van der Waals surface area contributed by atoms with Gasteiger partial charge in [-0.1, -0.05) is 29.3 Å². The van der Waals surface area contributed by atoms with E-state index in [1.54, 1.807) is 24.3 Å². The van der Waals surface area contributed by atoms with E-state index < -0.39 is 0 Å². The molecule has 0 aliphatic carbocycles. The second kappa shape index (κ2) is 9.39. The summed E-state index contributed by atoms with van der Waals surface area (Å²) in [5.41, 5.74) is 1.07. The number of benzene rings is 2. The summed E-state index contributed by atoms with van der Waals surface area (Å²) in [6.45, 7) is 2.63. The molecule has 7 heteroatoms. The van der Waals surface area contributed by atoms with Crippen molar-refractivity contribution in [2.75, 3.05) is 11.9 Å². The van der Waals surface area contributed by atoms with Crippen molar-refractivity contribution >= 4 is 44.9 Å². The maximum Gasteiger partial charge on any atom is 0.261 e. The van der Waals surface area contributed by atoms with Gasteiger partial charge in [-0.05, 0) is 61.1 Å². The Kier molecular flexibility index (Phi) is 7.21. The van der Waals surface area contributed by atoms with Crippen molar-refractivity contribution in [2.45, 2.75) is 19.8 Å². The first kappa shape index (κ1) is 19.2. The Bertz CT molecular complexity index is 750. The number of carbonyl (C=O) groups is 1. The number of rotatable bonds is 6. The number of ether oxygens (including phenoxy) is 1. The topological polar surface area (TPSA) is 70.6 Å². The highest BCUT2D eigenvalue weighted by Gasteiger charge is 2.15. The van der Waals surface area contributed by atoms with Crippen molar-refractivity contribution < 1.29 is 14.6 Å². The Morgan fingerprint density at radius 1 is 1.24 bits per heavy atom. The minimum Gasteiger partial charge on any atom is -0.508 e. The Morgan fingerprint density at radius 3 is 2.64 bits per heavy atom. The van der Waals surface area contributed by atoms with Crippen molar-refractivity contribution in [3.8, 4) is 11.5 Å². The molecule has 2 aromatic rings. The van der Waals surface area contributed by atoms with Crippen LogP contribution in [0.4, 0.5) is 5.69 Å². The zero-order valence-corrected chi connectivity index (χ0v) is 16.1. The molecule has 0 aliphatic heterocycles. The molecule has 0 spiro atoms. The first-order valence-corrected chi connectivity index (χ1v) is 9.03. The number of anilines is 1. The largest absolute Gasteiger partial charge is 0.508 e. The summed E-state index contributed by atoms with van der Waals surface area (Å²) in [5, 5.41) is 15.0. The summed E-state index contributed by atoms with van der Waals surface area (Å²) in [4.78, 5) is 12.5. The predicted octanol–water partition coefficient (Wildman–Crippen LogP) is 4.46. The van der Waals surface area contributed by atoms with Gasteiger partial charge in [-0.2, -0.15) is 0 Å². The van der Waals surface area contributed by atoms with E-state index in [1.807, 2.05) is 6.07 Å². The molecule has 0 saturated heterocycles. The molecule has 1 amide bonds. The van der Waals surface area contributed by atoms with E-state index in [1.165, 1.54) is 12.1 Å². The number of amides is 1. The number of hydrogen-bond donors (Lipinski definition) is 3. The van der Waals surface area contributed by atoms with E-state index >= 15 is 0 Å². The quantitative estimate of drug-likeness (QED) is 0.364. The molecule has 3 N–H and O–H groups in total. The van der Waals surface area contributed by atoms with Crippen molar-refractivity contribution in [3.63, 3.8) is 0 Å². The van der Waals surface area contributed by atoms with Gasteiger partial charge in [-0.3, -0.25) is 10.1 Å². The van der Waals surface area contributed by atoms with Gasteiger partial charge in [0.15, 0.2) is 5.11 Å². The van der Waals surface area contributed by atoms with Crippen LogP contribution in [0.5, 0.6) is 11.5 Å². The van der Waals surface area contributed by atoms with Gasteiger partial charge in [0.05, 0.1) is 12.2 Å². The van der Waals surface area contributed by atoms with E-state index in [0.717, 1.165) is 17.3 Å². The molecule has 25 heavy (non-hydrogen) atoms. The van der Waals surface area contributed by atoms with Crippen molar-refractivity contribution in [1.82, 2.24) is 5.32 Å². The average molecular weight is 423 g/mol. The maximum atomic E-state index is 12.5. The molecule has 0 heterocycles. The summed E-state index contributed by atoms with van der Waals surface area (Å²) in [5.74, 6) is 0.314. The lowest BCUT2D eigenvalue weighted by Crippen LogP contribution is -2.34. The first-order chi connectivity index (χ1) is 12.0. The highest BCUT2D eigenvalue weighted by molar-refractivity contribution is 9.10. The number of carbonyl (C=O) groups excluding carboxylic acids is 1. The Labute approximate surface area is 160 Å². The molecule has 0 saturated carbocycles. The molecule has 5 nitrogen and oxygen atoms in total. The molecule has 0 fully saturated rings. The van der Waals surface area contributed by atoms with E-state index in [-0.39, 0.29) is 16.8 Å². The molecular weight excluding hydrogens is 404 g/mol. The van der Waals surface area contributed by atoms with Crippen LogP contribution in [0.2, 0.25) is 0 Å². The number of phenols is 1. The summed E-state index contributed by atoms with van der Waals surface area (Å²) >= 11 is 8.53. The predicted molar refractivity (Wildman–Crippen MR) is 106 cm³/mol. The third-order valence-corrected chi connectivity index (χ3v) is 3.99. The normalized spacial score (nSPS) is 10.2. The Balaban J connectivity index is 2.04. The van der Waals surface area contributed by atoms with Crippen LogP contribution in [-0.4, -0.2) is 22.7 Å². The van der Waals surface area contributed by atoms with Gasteiger partial charge >= 0.3 is 0 Å². The van der Waals surface area contributed by atoms with Crippen LogP contribution in [0, 0.1) is 0 Å². The molecular formula is C18H19BrN2O3S. The molecule has 132 valence electrons. The monoisotopic (exact) mass is 422 g/mol. The van der Waals surface area contributed by atoms with Gasteiger partial charge in [0, 0.05) is 10.2 Å². The number of aromatic hydroxyl groups is 1. The van der Waals surface area contributed by atoms with Gasteiger partial charge < -0.3 is 15.2 Å². The molecule has 0 radical (unpaired) electrons. The summed E-state index contributed by atoms with van der Waals surface area (Å²) < 4.78 is 6.47. The molecule has 0 atom stereocenters. The second-order valence-electron chi connectivity index (χ2n) is 5.30. The van der Waals surface area contributed by atoms with Gasteiger partial charge in [-0.25, -0.2) is 0 Å². The molecule has 0 unspecified atom stereocenters. The van der Waals surface area contributed by atoms with Crippen LogP contribution >= 0.6 is 28.1 Å². The van der Waals surface area contributed by atoms with E-state index in [9.17, 15) is 9.90 Å². The minimum atomic E-state index is -0.357. The van der Waals surface area contributed by atoms with Gasteiger partial charge in [0.2, 0.25) is 0 Å². The lowest BCUT2D eigenvalue weighted by atomic mass is 10.2.